The maximum atomic E-state index is 11.1. The molecule has 21 heavy (non-hydrogen) atoms. The van der Waals surface area contributed by atoms with Crippen LogP contribution in [0.3, 0.4) is 0 Å². The summed E-state index contributed by atoms with van der Waals surface area (Å²) in [7, 11) is 2.10. The van der Waals surface area contributed by atoms with Gasteiger partial charge in [-0.3, -0.25) is 0 Å². The Labute approximate surface area is 132 Å². The summed E-state index contributed by atoms with van der Waals surface area (Å²) in [5, 5.41) is 0.719. The third-order valence-corrected chi connectivity index (χ3v) is 4.50. The average Bonchev–Trinajstić information content (AvgIpc) is 2.50. The van der Waals surface area contributed by atoms with Crippen LogP contribution in [0.25, 0.3) is 0 Å². The molecule has 2 unspecified atom stereocenters. The van der Waals surface area contributed by atoms with Crippen molar-refractivity contribution in [2.45, 2.75) is 25.7 Å². The standard InChI is InChI=1S/C17H24ClNO2/c1-19(12-14-4-2-3-5-15(14)13-20)10-11-21-17-8-6-16(18)7-9-17/h6-9,13-15H,2-5,10-12H2,1H3. The molecule has 1 fully saturated rings. The van der Waals surface area contributed by atoms with Crippen molar-refractivity contribution in [2.24, 2.45) is 11.8 Å². The number of carbonyl (C=O) groups excluding carboxylic acids is 1. The van der Waals surface area contributed by atoms with Crippen LogP contribution in [0.1, 0.15) is 25.7 Å². The number of rotatable bonds is 7. The van der Waals surface area contributed by atoms with Gasteiger partial charge in [0.15, 0.2) is 0 Å². The van der Waals surface area contributed by atoms with Crippen LogP contribution in [0.2, 0.25) is 5.02 Å². The summed E-state index contributed by atoms with van der Waals surface area (Å²) >= 11 is 5.84. The van der Waals surface area contributed by atoms with Gasteiger partial charge in [-0.1, -0.05) is 24.4 Å². The number of benzene rings is 1. The quantitative estimate of drug-likeness (QED) is 0.720. The van der Waals surface area contributed by atoms with Crippen molar-refractivity contribution in [2.75, 3.05) is 26.7 Å². The van der Waals surface area contributed by atoms with Crippen molar-refractivity contribution in [3.63, 3.8) is 0 Å². The lowest BCUT2D eigenvalue weighted by molar-refractivity contribution is -0.113. The van der Waals surface area contributed by atoms with Gasteiger partial charge in [0, 0.05) is 24.0 Å². The minimum Gasteiger partial charge on any atom is -0.492 e. The number of nitrogens with zero attached hydrogens (tertiary/aromatic N) is 1. The van der Waals surface area contributed by atoms with E-state index in [1.807, 2.05) is 24.3 Å². The van der Waals surface area contributed by atoms with Crippen LogP contribution in [-0.2, 0) is 4.79 Å². The molecule has 2 rings (SSSR count). The van der Waals surface area contributed by atoms with Crippen LogP contribution in [0.4, 0.5) is 0 Å². The Morgan fingerprint density at radius 3 is 2.71 bits per heavy atom. The average molecular weight is 310 g/mol. The number of carbonyl (C=O) groups is 1. The molecule has 3 nitrogen and oxygen atoms in total. The lowest BCUT2D eigenvalue weighted by atomic mass is 9.80. The highest BCUT2D eigenvalue weighted by molar-refractivity contribution is 6.30. The second kappa shape index (κ2) is 8.40. The van der Waals surface area contributed by atoms with E-state index in [0.717, 1.165) is 36.6 Å². The minimum absolute atomic E-state index is 0.249. The molecule has 0 saturated heterocycles. The van der Waals surface area contributed by atoms with E-state index < -0.39 is 0 Å². The molecule has 2 atom stereocenters. The highest BCUT2D eigenvalue weighted by atomic mass is 35.5. The number of hydrogen-bond donors (Lipinski definition) is 0. The van der Waals surface area contributed by atoms with E-state index in [2.05, 4.69) is 11.9 Å². The molecule has 4 heteroatoms. The van der Waals surface area contributed by atoms with Gasteiger partial charge in [0.05, 0.1) is 0 Å². The first-order valence-electron chi connectivity index (χ1n) is 7.71. The van der Waals surface area contributed by atoms with Crippen LogP contribution in [0.15, 0.2) is 24.3 Å². The van der Waals surface area contributed by atoms with Gasteiger partial charge in [-0.25, -0.2) is 0 Å². The van der Waals surface area contributed by atoms with Crippen molar-refractivity contribution in [3.05, 3.63) is 29.3 Å². The SMILES string of the molecule is CN(CCOc1ccc(Cl)cc1)CC1CCCCC1C=O. The number of hydrogen-bond acceptors (Lipinski definition) is 3. The van der Waals surface area contributed by atoms with Crippen molar-refractivity contribution in [1.29, 1.82) is 0 Å². The molecule has 0 spiro atoms. The summed E-state index contributed by atoms with van der Waals surface area (Å²) in [6.45, 7) is 2.49. The van der Waals surface area contributed by atoms with E-state index >= 15 is 0 Å². The number of halogens is 1. The van der Waals surface area contributed by atoms with Crippen LogP contribution in [-0.4, -0.2) is 37.9 Å². The highest BCUT2D eigenvalue weighted by Gasteiger charge is 2.25. The molecule has 0 aliphatic heterocycles. The second-order valence-electron chi connectivity index (χ2n) is 5.91. The summed E-state index contributed by atoms with van der Waals surface area (Å²) < 4.78 is 5.70. The van der Waals surface area contributed by atoms with Gasteiger partial charge in [0.25, 0.3) is 0 Å². The fraction of sp³-hybridized carbons (Fsp3) is 0.588. The normalized spacial score (nSPS) is 22.2. The molecule has 1 aliphatic carbocycles. The zero-order valence-electron chi connectivity index (χ0n) is 12.6. The van der Waals surface area contributed by atoms with Crippen LogP contribution < -0.4 is 4.74 Å². The summed E-state index contributed by atoms with van der Waals surface area (Å²) in [6.07, 6.45) is 5.84. The van der Waals surface area contributed by atoms with E-state index in [1.165, 1.54) is 19.3 Å². The maximum absolute atomic E-state index is 11.1. The predicted octanol–water partition coefficient (Wildman–Crippen LogP) is 3.66. The molecule has 0 amide bonds. The van der Waals surface area contributed by atoms with Gasteiger partial charge in [-0.2, -0.15) is 0 Å². The van der Waals surface area contributed by atoms with E-state index in [4.69, 9.17) is 16.3 Å². The highest BCUT2D eigenvalue weighted by Crippen LogP contribution is 2.29. The van der Waals surface area contributed by atoms with E-state index in [9.17, 15) is 4.79 Å². The molecule has 116 valence electrons. The van der Waals surface area contributed by atoms with Gasteiger partial charge in [-0.05, 0) is 50.1 Å². The van der Waals surface area contributed by atoms with Crippen LogP contribution >= 0.6 is 11.6 Å². The van der Waals surface area contributed by atoms with Crippen molar-refractivity contribution < 1.29 is 9.53 Å². The lowest BCUT2D eigenvalue weighted by Gasteiger charge is -2.31. The van der Waals surface area contributed by atoms with Gasteiger partial charge in [0.1, 0.15) is 18.6 Å². The summed E-state index contributed by atoms with van der Waals surface area (Å²) in [4.78, 5) is 13.4. The van der Waals surface area contributed by atoms with Crippen molar-refractivity contribution >= 4 is 17.9 Å². The molecule has 0 aromatic heterocycles. The Hall–Kier alpha value is -1.06. The second-order valence-corrected chi connectivity index (χ2v) is 6.35. The molecule has 0 N–H and O–H groups in total. The van der Waals surface area contributed by atoms with Gasteiger partial charge >= 0.3 is 0 Å². The molecule has 1 saturated carbocycles. The molecular formula is C17H24ClNO2. The molecular weight excluding hydrogens is 286 g/mol. The third-order valence-electron chi connectivity index (χ3n) is 4.24. The van der Waals surface area contributed by atoms with Crippen LogP contribution in [0, 0.1) is 11.8 Å². The number of ether oxygens (including phenoxy) is 1. The lowest BCUT2D eigenvalue weighted by Crippen LogP contribution is -2.34. The largest absolute Gasteiger partial charge is 0.492 e. The topological polar surface area (TPSA) is 29.5 Å². The van der Waals surface area contributed by atoms with Gasteiger partial charge < -0.3 is 14.4 Å². The van der Waals surface area contributed by atoms with Gasteiger partial charge in [0.2, 0.25) is 0 Å². The summed E-state index contributed by atoms with van der Waals surface area (Å²) in [5.74, 6) is 1.60. The Morgan fingerprint density at radius 1 is 1.29 bits per heavy atom. The monoisotopic (exact) mass is 309 g/mol. The molecule has 0 heterocycles. The van der Waals surface area contributed by atoms with Gasteiger partial charge in [-0.15, -0.1) is 0 Å². The summed E-state index contributed by atoms with van der Waals surface area (Å²) in [6, 6.07) is 7.42. The van der Waals surface area contributed by atoms with E-state index in [0.29, 0.717) is 12.5 Å². The first-order valence-corrected chi connectivity index (χ1v) is 8.09. The van der Waals surface area contributed by atoms with Crippen molar-refractivity contribution in [3.8, 4) is 5.75 Å². The van der Waals surface area contributed by atoms with E-state index in [-0.39, 0.29) is 5.92 Å². The Kier molecular flexibility index (Phi) is 6.52. The predicted molar refractivity (Wildman–Crippen MR) is 86.0 cm³/mol. The fourth-order valence-electron chi connectivity index (χ4n) is 2.98. The first kappa shape index (κ1) is 16.3. The zero-order chi connectivity index (χ0) is 15.1. The summed E-state index contributed by atoms with van der Waals surface area (Å²) in [5.41, 5.74) is 0. The van der Waals surface area contributed by atoms with E-state index in [1.54, 1.807) is 0 Å². The molecule has 1 aromatic carbocycles. The smallest absolute Gasteiger partial charge is 0.123 e. The molecule has 1 aliphatic rings. The third kappa shape index (κ3) is 5.33. The maximum Gasteiger partial charge on any atom is 0.123 e. The Balaban J connectivity index is 1.70. The molecule has 0 bridgehead atoms. The Morgan fingerprint density at radius 2 is 2.00 bits per heavy atom. The Bertz CT molecular complexity index is 435. The molecule has 1 aromatic rings. The first-order chi connectivity index (χ1) is 10.2. The fourth-order valence-corrected chi connectivity index (χ4v) is 3.11. The van der Waals surface area contributed by atoms with Crippen molar-refractivity contribution in [1.82, 2.24) is 4.90 Å². The zero-order valence-corrected chi connectivity index (χ0v) is 13.4. The van der Waals surface area contributed by atoms with Crippen LogP contribution in [0.5, 0.6) is 5.75 Å². The number of aldehydes is 1. The number of likely N-dealkylation sites (N-methyl/N-ethyl adjacent to an activating group) is 1. The molecule has 0 radical (unpaired) electrons. The minimum atomic E-state index is 0.249.